The quantitative estimate of drug-likeness (QED) is 0.768. The summed E-state index contributed by atoms with van der Waals surface area (Å²) in [5, 5.41) is 12.0. The summed E-state index contributed by atoms with van der Waals surface area (Å²) in [6.45, 7) is 11.1. The number of carbonyl (C=O) groups excluding carboxylic acids is 1. The van der Waals surface area contributed by atoms with Crippen LogP contribution < -0.4 is 5.32 Å². The van der Waals surface area contributed by atoms with Crippen molar-refractivity contribution < 1.29 is 9.90 Å². The maximum Gasteiger partial charge on any atom is 0.248 e. The summed E-state index contributed by atoms with van der Waals surface area (Å²) in [6.07, 6.45) is 0.377. The zero-order valence-electron chi connectivity index (χ0n) is 11.4. The Kier molecular flexibility index (Phi) is 5.40. The van der Waals surface area contributed by atoms with Gasteiger partial charge in [0.15, 0.2) is 0 Å². The number of nitrogens with zero attached hydrogens (tertiary/aromatic N) is 1. The van der Waals surface area contributed by atoms with Crippen LogP contribution in [0.4, 0.5) is 0 Å². The minimum atomic E-state index is -0.920. The van der Waals surface area contributed by atoms with Gasteiger partial charge in [-0.3, -0.25) is 4.79 Å². The lowest BCUT2D eigenvalue weighted by Crippen LogP contribution is -2.48. The lowest BCUT2D eigenvalue weighted by molar-refractivity contribution is -0.129. The average Bonchev–Trinajstić information content (AvgIpc) is 2.14. The SMILES string of the molecule is CC1CC(C)CN(CC(C)NC(=O)C(C)O)C1. The number of aliphatic hydroxyl groups excluding tert-OH is 1. The predicted octanol–water partition coefficient (Wildman–Crippen LogP) is 0.850. The zero-order chi connectivity index (χ0) is 13.0. The first-order valence-electron chi connectivity index (χ1n) is 6.59. The molecule has 4 unspecified atom stereocenters. The van der Waals surface area contributed by atoms with E-state index < -0.39 is 6.10 Å². The van der Waals surface area contributed by atoms with Crippen LogP contribution in [0.3, 0.4) is 0 Å². The molecule has 0 bridgehead atoms. The number of nitrogens with one attached hydrogen (secondary N) is 1. The van der Waals surface area contributed by atoms with E-state index in [1.807, 2.05) is 6.92 Å². The van der Waals surface area contributed by atoms with Crippen LogP contribution in [0.5, 0.6) is 0 Å². The topological polar surface area (TPSA) is 52.6 Å². The van der Waals surface area contributed by atoms with Gasteiger partial charge in [-0.2, -0.15) is 0 Å². The second kappa shape index (κ2) is 6.36. The lowest BCUT2D eigenvalue weighted by atomic mass is 9.92. The first-order chi connectivity index (χ1) is 7.88. The molecule has 0 aliphatic carbocycles. The van der Waals surface area contributed by atoms with Gasteiger partial charge in [-0.1, -0.05) is 13.8 Å². The van der Waals surface area contributed by atoms with Crippen LogP contribution in [0.15, 0.2) is 0 Å². The molecule has 0 aromatic carbocycles. The molecule has 1 fully saturated rings. The number of carbonyl (C=O) groups is 1. The van der Waals surface area contributed by atoms with Gasteiger partial charge in [-0.05, 0) is 32.1 Å². The molecule has 0 aromatic rings. The summed E-state index contributed by atoms with van der Waals surface area (Å²) in [5.74, 6) is 1.19. The molecule has 4 nitrogen and oxygen atoms in total. The molecule has 1 saturated heterocycles. The fourth-order valence-electron chi connectivity index (χ4n) is 2.74. The fourth-order valence-corrected chi connectivity index (χ4v) is 2.74. The third-order valence-corrected chi connectivity index (χ3v) is 3.24. The number of rotatable bonds is 4. The van der Waals surface area contributed by atoms with Gasteiger partial charge in [0.2, 0.25) is 5.91 Å². The Morgan fingerprint density at radius 1 is 1.35 bits per heavy atom. The first kappa shape index (κ1) is 14.5. The van der Waals surface area contributed by atoms with E-state index in [0.717, 1.165) is 31.5 Å². The maximum atomic E-state index is 11.3. The average molecular weight is 242 g/mol. The van der Waals surface area contributed by atoms with Gasteiger partial charge in [-0.15, -0.1) is 0 Å². The van der Waals surface area contributed by atoms with Gasteiger partial charge < -0.3 is 15.3 Å². The summed E-state index contributed by atoms with van der Waals surface area (Å²) in [7, 11) is 0. The number of piperidine rings is 1. The van der Waals surface area contributed by atoms with E-state index in [0.29, 0.717) is 0 Å². The van der Waals surface area contributed by atoms with Crippen LogP contribution in [-0.2, 0) is 4.79 Å². The molecule has 0 radical (unpaired) electrons. The molecule has 1 aliphatic rings. The minimum Gasteiger partial charge on any atom is -0.384 e. The Bertz CT molecular complexity index is 246. The van der Waals surface area contributed by atoms with Crippen molar-refractivity contribution in [1.82, 2.24) is 10.2 Å². The highest BCUT2D eigenvalue weighted by atomic mass is 16.3. The minimum absolute atomic E-state index is 0.0922. The van der Waals surface area contributed by atoms with E-state index in [9.17, 15) is 4.79 Å². The van der Waals surface area contributed by atoms with E-state index in [4.69, 9.17) is 5.11 Å². The first-order valence-corrected chi connectivity index (χ1v) is 6.59. The van der Waals surface area contributed by atoms with Gasteiger partial charge in [0.05, 0.1) is 0 Å². The van der Waals surface area contributed by atoms with Crippen LogP contribution in [0.25, 0.3) is 0 Å². The van der Waals surface area contributed by atoms with Crippen molar-refractivity contribution in [2.24, 2.45) is 11.8 Å². The Morgan fingerprint density at radius 2 is 1.88 bits per heavy atom. The van der Waals surface area contributed by atoms with E-state index in [1.165, 1.54) is 13.3 Å². The third-order valence-electron chi connectivity index (χ3n) is 3.24. The van der Waals surface area contributed by atoms with E-state index in [1.54, 1.807) is 0 Å². The molecule has 2 N–H and O–H groups in total. The normalized spacial score (nSPS) is 29.7. The van der Waals surface area contributed by atoms with Gasteiger partial charge in [0, 0.05) is 25.7 Å². The standard InChI is InChI=1S/C13H26N2O2/c1-9-5-10(2)7-15(6-9)8-11(3)14-13(17)12(4)16/h9-12,16H,5-8H2,1-4H3,(H,14,17). The van der Waals surface area contributed by atoms with Crippen LogP contribution in [-0.4, -0.2) is 47.7 Å². The van der Waals surface area contributed by atoms with E-state index in [-0.39, 0.29) is 11.9 Å². The highest BCUT2D eigenvalue weighted by Crippen LogP contribution is 2.20. The number of amides is 1. The van der Waals surface area contributed by atoms with Crippen molar-refractivity contribution in [2.75, 3.05) is 19.6 Å². The highest BCUT2D eigenvalue weighted by molar-refractivity contribution is 5.80. The van der Waals surface area contributed by atoms with Gasteiger partial charge >= 0.3 is 0 Å². The van der Waals surface area contributed by atoms with Crippen molar-refractivity contribution in [3.05, 3.63) is 0 Å². The second-order valence-corrected chi connectivity index (χ2v) is 5.75. The third kappa shape index (κ3) is 5.04. The molecule has 4 atom stereocenters. The maximum absolute atomic E-state index is 11.3. The summed E-state index contributed by atoms with van der Waals surface area (Å²) in [4.78, 5) is 13.8. The Morgan fingerprint density at radius 3 is 2.35 bits per heavy atom. The molecule has 100 valence electrons. The number of likely N-dealkylation sites (tertiary alicyclic amines) is 1. The van der Waals surface area contributed by atoms with Gasteiger partial charge in [-0.25, -0.2) is 0 Å². The Labute approximate surface area is 104 Å². The Balaban J connectivity index is 2.35. The van der Waals surface area contributed by atoms with Crippen LogP contribution >= 0.6 is 0 Å². The molecular weight excluding hydrogens is 216 g/mol. The van der Waals surface area contributed by atoms with Crippen molar-refractivity contribution in [3.63, 3.8) is 0 Å². The summed E-state index contributed by atoms with van der Waals surface area (Å²) < 4.78 is 0. The smallest absolute Gasteiger partial charge is 0.248 e. The predicted molar refractivity (Wildman–Crippen MR) is 68.7 cm³/mol. The van der Waals surface area contributed by atoms with Crippen molar-refractivity contribution in [1.29, 1.82) is 0 Å². The van der Waals surface area contributed by atoms with Gasteiger partial charge in [0.25, 0.3) is 0 Å². The molecule has 0 aromatic heterocycles. The van der Waals surface area contributed by atoms with Crippen molar-refractivity contribution >= 4 is 5.91 Å². The molecule has 1 aliphatic heterocycles. The molecule has 17 heavy (non-hydrogen) atoms. The van der Waals surface area contributed by atoms with E-state index >= 15 is 0 Å². The van der Waals surface area contributed by atoms with E-state index in [2.05, 4.69) is 24.1 Å². The molecule has 1 heterocycles. The van der Waals surface area contributed by atoms with Crippen LogP contribution in [0, 0.1) is 11.8 Å². The summed E-state index contributed by atoms with van der Waals surface area (Å²) in [5.41, 5.74) is 0. The number of hydrogen-bond acceptors (Lipinski definition) is 3. The van der Waals surface area contributed by atoms with Crippen LogP contribution in [0.1, 0.15) is 34.1 Å². The molecule has 0 saturated carbocycles. The zero-order valence-corrected chi connectivity index (χ0v) is 11.4. The molecule has 4 heteroatoms. The largest absolute Gasteiger partial charge is 0.384 e. The number of aliphatic hydroxyl groups is 1. The monoisotopic (exact) mass is 242 g/mol. The lowest BCUT2D eigenvalue weighted by Gasteiger charge is -2.36. The number of hydrogen-bond donors (Lipinski definition) is 2. The molecule has 1 rings (SSSR count). The van der Waals surface area contributed by atoms with Crippen molar-refractivity contribution in [2.45, 2.75) is 46.3 Å². The molecule has 1 amide bonds. The summed E-state index contributed by atoms with van der Waals surface area (Å²) >= 11 is 0. The van der Waals surface area contributed by atoms with Gasteiger partial charge in [0.1, 0.15) is 6.10 Å². The molecular formula is C13H26N2O2. The fraction of sp³-hybridized carbons (Fsp3) is 0.923. The second-order valence-electron chi connectivity index (χ2n) is 5.75. The molecule has 0 spiro atoms. The highest BCUT2D eigenvalue weighted by Gasteiger charge is 2.23. The Hall–Kier alpha value is -0.610. The van der Waals surface area contributed by atoms with Crippen molar-refractivity contribution in [3.8, 4) is 0 Å². The summed E-state index contributed by atoms with van der Waals surface area (Å²) in [6, 6.07) is 0.0922. The van der Waals surface area contributed by atoms with Crippen LogP contribution in [0.2, 0.25) is 0 Å².